The minimum absolute atomic E-state index is 0.170. The largest absolute Gasteiger partial charge is 0.274 e. The van der Waals surface area contributed by atoms with Crippen LogP contribution in [0.25, 0.3) is 5.69 Å². The Morgan fingerprint density at radius 3 is 2.87 bits per heavy atom. The standard InChI is InChI=1S/C19H14ClFN6OS2/c1-12(28)26(17-8-3-2-7-16(17)21)18-22-14(10-29-18)11-30-19-23-24-25-27(19)15-6-4-5-13(20)9-15/h2-10H,11H2,1H3. The summed E-state index contributed by atoms with van der Waals surface area (Å²) in [7, 11) is 0. The molecule has 7 nitrogen and oxygen atoms in total. The van der Waals surface area contributed by atoms with Crippen molar-refractivity contribution in [2.45, 2.75) is 17.8 Å². The van der Waals surface area contributed by atoms with Crippen LogP contribution in [-0.2, 0) is 10.5 Å². The Morgan fingerprint density at radius 2 is 2.10 bits per heavy atom. The fourth-order valence-electron chi connectivity index (χ4n) is 2.68. The fraction of sp³-hybridized carbons (Fsp3) is 0.105. The molecular formula is C19H14ClFN6OS2. The molecule has 0 saturated heterocycles. The number of anilines is 2. The van der Waals surface area contributed by atoms with E-state index in [1.54, 1.807) is 35.0 Å². The van der Waals surface area contributed by atoms with Gasteiger partial charge in [-0.3, -0.25) is 9.69 Å². The van der Waals surface area contributed by atoms with Gasteiger partial charge >= 0.3 is 0 Å². The molecule has 0 aliphatic rings. The topological polar surface area (TPSA) is 76.8 Å². The van der Waals surface area contributed by atoms with E-state index in [0.717, 1.165) is 11.4 Å². The number of amides is 1. The van der Waals surface area contributed by atoms with Gasteiger partial charge in [-0.2, -0.15) is 4.68 Å². The van der Waals surface area contributed by atoms with Gasteiger partial charge in [0.1, 0.15) is 5.82 Å². The first-order chi connectivity index (χ1) is 14.5. The van der Waals surface area contributed by atoms with E-state index in [9.17, 15) is 9.18 Å². The third kappa shape index (κ3) is 4.35. The SMILES string of the molecule is CC(=O)N(c1nc(CSc2nnnn2-c2cccc(Cl)c2)cs1)c1ccccc1F. The Balaban J connectivity index is 1.53. The van der Waals surface area contributed by atoms with Crippen molar-refractivity contribution in [2.24, 2.45) is 0 Å². The third-order valence-electron chi connectivity index (χ3n) is 3.98. The number of thioether (sulfide) groups is 1. The summed E-state index contributed by atoms with van der Waals surface area (Å²) in [5.74, 6) is -0.335. The maximum atomic E-state index is 14.2. The van der Waals surface area contributed by atoms with E-state index < -0.39 is 5.82 Å². The van der Waals surface area contributed by atoms with Crippen molar-refractivity contribution in [3.8, 4) is 5.69 Å². The lowest BCUT2D eigenvalue weighted by molar-refractivity contribution is -0.115. The van der Waals surface area contributed by atoms with Gasteiger partial charge in [0.25, 0.3) is 0 Å². The molecule has 30 heavy (non-hydrogen) atoms. The second-order valence-electron chi connectivity index (χ2n) is 6.07. The summed E-state index contributed by atoms with van der Waals surface area (Å²) in [6.07, 6.45) is 0. The number of carbonyl (C=O) groups is 1. The molecule has 2 aromatic heterocycles. The number of benzene rings is 2. The summed E-state index contributed by atoms with van der Waals surface area (Å²) in [5, 5.41) is 15.2. The Labute approximate surface area is 184 Å². The van der Waals surface area contributed by atoms with E-state index in [-0.39, 0.29) is 11.6 Å². The molecule has 2 aromatic carbocycles. The molecule has 11 heteroatoms. The quantitative estimate of drug-likeness (QED) is 0.381. The van der Waals surface area contributed by atoms with Crippen LogP contribution in [0.2, 0.25) is 5.02 Å². The average molecular weight is 461 g/mol. The Hall–Kier alpha value is -2.82. The Bertz CT molecular complexity index is 1200. The van der Waals surface area contributed by atoms with E-state index in [2.05, 4.69) is 20.5 Å². The number of aromatic nitrogens is 5. The van der Waals surface area contributed by atoms with E-state index in [1.165, 1.54) is 41.0 Å². The smallest absolute Gasteiger partial charge is 0.230 e. The number of para-hydroxylation sites is 1. The summed E-state index contributed by atoms with van der Waals surface area (Å²) in [6, 6.07) is 13.3. The molecule has 1 amide bonds. The van der Waals surface area contributed by atoms with Crippen LogP contribution >= 0.6 is 34.7 Å². The van der Waals surface area contributed by atoms with Crippen molar-refractivity contribution in [3.05, 3.63) is 70.4 Å². The van der Waals surface area contributed by atoms with Crippen LogP contribution in [0.15, 0.2) is 59.1 Å². The van der Waals surface area contributed by atoms with E-state index in [1.807, 2.05) is 17.5 Å². The minimum atomic E-state index is -0.487. The molecule has 0 saturated carbocycles. The van der Waals surface area contributed by atoms with Crippen LogP contribution in [0, 0.1) is 5.82 Å². The summed E-state index contributed by atoms with van der Waals surface area (Å²) in [6.45, 7) is 1.38. The molecule has 0 unspecified atom stereocenters. The predicted octanol–water partition coefficient (Wildman–Crippen LogP) is 4.89. The summed E-state index contributed by atoms with van der Waals surface area (Å²) >= 11 is 8.71. The second kappa shape index (κ2) is 8.90. The van der Waals surface area contributed by atoms with Gasteiger partial charge in [0.15, 0.2) is 5.13 Å². The highest BCUT2D eigenvalue weighted by molar-refractivity contribution is 7.98. The Morgan fingerprint density at radius 1 is 1.27 bits per heavy atom. The lowest BCUT2D eigenvalue weighted by atomic mass is 10.3. The zero-order chi connectivity index (χ0) is 21.1. The van der Waals surface area contributed by atoms with Gasteiger partial charge in [0, 0.05) is 23.1 Å². The van der Waals surface area contributed by atoms with Crippen molar-refractivity contribution in [3.63, 3.8) is 0 Å². The molecule has 0 fully saturated rings. The number of nitrogens with zero attached hydrogens (tertiary/aromatic N) is 6. The van der Waals surface area contributed by atoms with Crippen molar-refractivity contribution in [1.29, 1.82) is 0 Å². The van der Waals surface area contributed by atoms with Gasteiger partial charge in [0.2, 0.25) is 11.1 Å². The first kappa shape index (κ1) is 20.5. The highest BCUT2D eigenvalue weighted by Crippen LogP contribution is 2.32. The first-order valence-corrected chi connectivity index (χ1v) is 10.9. The molecule has 0 aliphatic heterocycles. The van der Waals surface area contributed by atoms with Crippen LogP contribution in [0.1, 0.15) is 12.6 Å². The summed E-state index contributed by atoms with van der Waals surface area (Å²) in [5.41, 5.74) is 1.64. The van der Waals surface area contributed by atoms with Crippen LogP contribution < -0.4 is 4.90 Å². The molecule has 152 valence electrons. The Kier molecular flexibility index (Phi) is 6.07. The van der Waals surface area contributed by atoms with Gasteiger partial charge in [-0.15, -0.1) is 16.4 Å². The number of carbonyl (C=O) groups excluding carboxylic acids is 1. The zero-order valence-corrected chi connectivity index (χ0v) is 18.0. The maximum absolute atomic E-state index is 14.2. The molecular weight excluding hydrogens is 447 g/mol. The molecule has 2 heterocycles. The molecule has 4 rings (SSSR count). The minimum Gasteiger partial charge on any atom is -0.274 e. The summed E-state index contributed by atoms with van der Waals surface area (Å²) < 4.78 is 15.8. The number of hydrogen-bond donors (Lipinski definition) is 0. The number of halogens is 2. The van der Waals surface area contributed by atoms with Gasteiger partial charge < -0.3 is 0 Å². The van der Waals surface area contributed by atoms with Crippen LogP contribution in [0.3, 0.4) is 0 Å². The number of thiazole rings is 1. The predicted molar refractivity (Wildman–Crippen MR) is 115 cm³/mol. The lowest BCUT2D eigenvalue weighted by Crippen LogP contribution is -2.23. The van der Waals surface area contributed by atoms with Crippen LogP contribution in [0.5, 0.6) is 0 Å². The van der Waals surface area contributed by atoms with Crippen molar-refractivity contribution in [2.75, 3.05) is 4.90 Å². The van der Waals surface area contributed by atoms with E-state index in [0.29, 0.717) is 21.1 Å². The highest BCUT2D eigenvalue weighted by atomic mass is 35.5. The molecule has 0 N–H and O–H groups in total. The van der Waals surface area contributed by atoms with E-state index >= 15 is 0 Å². The molecule has 0 radical (unpaired) electrons. The van der Waals surface area contributed by atoms with Gasteiger partial charge in [-0.25, -0.2) is 9.37 Å². The molecule has 0 atom stereocenters. The van der Waals surface area contributed by atoms with Crippen molar-refractivity contribution in [1.82, 2.24) is 25.2 Å². The average Bonchev–Trinajstić information content (AvgIpc) is 3.37. The first-order valence-electron chi connectivity index (χ1n) is 8.69. The van der Waals surface area contributed by atoms with Crippen LogP contribution in [0.4, 0.5) is 15.2 Å². The monoisotopic (exact) mass is 460 g/mol. The zero-order valence-electron chi connectivity index (χ0n) is 15.6. The van der Waals surface area contributed by atoms with Crippen molar-refractivity contribution < 1.29 is 9.18 Å². The van der Waals surface area contributed by atoms with Crippen LogP contribution in [-0.4, -0.2) is 31.1 Å². The lowest BCUT2D eigenvalue weighted by Gasteiger charge is -2.18. The number of tetrazole rings is 1. The third-order valence-corrected chi connectivity index (χ3v) is 6.04. The highest BCUT2D eigenvalue weighted by Gasteiger charge is 2.21. The fourth-order valence-corrected chi connectivity index (χ4v) is 4.64. The molecule has 4 aromatic rings. The maximum Gasteiger partial charge on any atom is 0.230 e. The second-order valence-corrected chi connectivity index (χ2v) is 8.28. The van der Waals surface area contributed by atoms with Gasteiger partial charge in [-0.1, -0.05) is 41.6 Å². The van der Waals surface area contributed by atoms with Gasteiger partial charge in [0.05, 0.1) is 17.1 Å². The van der Waals surface area contributed by atoms with Gasteiger partial charge in [-0.05, 0) is 40.8 Å². The van der Waals surface area contributed by atoms with Crippen molar-refractivity contribution >= 4 is 51.4 Å². The molecule has 0 spiro atoms. The number of hydrogen-bond acceptors (Lipinski definition) is 7. The summed E-state index contributed by atoms with van der Waals surface area (Å²) in [4.78, 5) is 17.9. The number of rotatable bonds is 6. The molecule has 0 bridgehead atoms. The normalized spacial score (nSPS) is 10.9. The molecule has 0 aliphatic carbocycles. The van der Waals surface area contributed by atoms with E-state index in [4.69, 9.17) is 11.6 Å².